The Morgan fingerprint density at radius 2 is 1.40 bits per heavy atom. The third kappa shape index (κ3) is 5.49. The molecule has 1 N–H and O–H groups in total. The number of hydrogen-bond acceptors (Lipinski definition) is 2. The zero-order valence-corrected chi connectivity index (χ0v) is 20.6. The molecule has 0 spiro atoms. The van der Waals surface area contributed by atoms with E-state index < -0.39 is 0 Å². The molecule has 4 aromatic carbocycles. The fourth-order valence-electron chi connectivity index (χ4n) is 5.88. The molecule has 178 valence electrons. The third-order valence-corrected chi connectivity index (χ3v) is 7.71. The maximum Gasteiger partial charge on any atom is 0.115 e. The van der Waals surface area contributed by atoms with Crippen molar-refractivity contribution in [2.45, 2.75) is 50.6 Å². The molecule has 5 rings (SSSR count). The Morgan fingerprint density at radius 3 is 2.03 bits per heavy atom. The van der Waals surface area contributed by atoms with Crippen LogP contribution in [0, 0.1) is 0 Å². The van der Waals surface area contributed by atoms with Gasteiger partial charge in [0.05, 0.1) is 0 Å². The normalized spacial score (nSPS) is 17.5. The van der Waals surface area contributed by atoms with Crippen molar-refractivity contribution in [3.8, 4) is 5.75 Å². The lowest BCUT2D eigenvalue weighted by Crippen LogP contribution is -2.42. The van der Waals surface area contributed by atoms with E-state index >= 15 is 0 Å². The minimum Gasteiger partial charge on any atom is -0.508 e. The summed E-state index contributed by atoms with van der Waals surface area (Å²) in [5.74, 6) is 1.18. The molecule has 2 unspecified atom stereocenters. The van der Waals surface area contributed by atoms with E-state index in [1.165, 1.54) is 27.8 Å². The summed E-state index contributed by atoms with van der Waals surface area (Å²) >= 11 is 0. The SMILES string of the molecule is CC1c2ccc(O)cc2CCC1N(CCC(c1ccccc1)c1ccccc1)Cc1ccccc1. The minimum absolute atomic E-state index is 0.374. The van der Waals surface area contributed by atoms with Crippen LogP contribution in [-0.4, -0.2) is 22.6 Å². The number of benzene rings is 4. The number of fused-ring (bicyclic) bond motifs is 1. The number of phenolic OH excluding ortho intramolecular Hbond substituents is 1. The zero-order chi connectivity index (χ0) is 24.0. The summed E-state index contributed by atoms with van der Waals surface area (Å²) in [6, 6.07) is 39.2. The van der Waals surface area contributed by atoms with E-state index in [1.807, 2.05) is 12.1 Å². The van der Waals surface area contributed by atoms with Crippen molar-refractivity contribution >= 4 is 0 Å². The first-order valence-corrected chi connectivity index (χ1v) is 12.9. The van der Waals surface area contributed by atoms with Gasteiger partial charge in [0, 0.05) is 18.5 Å². The molecule has 4 aromatic rings. The first-order valence-electron chi connectivity index (χ1n) is 12.9. The van der Waals surface area contributed by atoms with Crippen molar-refractivity contribution in [3.63, 3.8) is 0 Å². The zero-order valence-electron chi connectivity index (χ0n) is 20.6. The molecule has 2 atom stereocenters. The van der Waals surface area contributed by atoms with Gasteiger partial charge in [-0.05, 0) is 71.7 Å². The van der Waals surface area contributed by atoms with Gasteiger partial charge in [-0.3, -0.25) is 4.90 Å². The van der Waals surface area contributed by atoms with Crippen molar-refractivity contribution in [1.82, 2.24) is 4.90 Å². The van der Waals surface area contributed by atoms with E-state index in [0.29, 0.717) is 23.6 Å². The van der Waals surface area contributed by atoms with Crippen molar-refractivity contribution < 1.29 is 5.11 Å². The van der Waals surface area contributed by atoms with Gasteiger partial charge in [-0.15, -0.1) is 0 Å². The van der Waals surface area contributed by atoms with Crippen LogP contribution in [0.4, 0.5) is 0 Å². The summed E-state index contributed by atoms with van der Waals surface area (Å²) in [5.41, 5.74) is 6.83. The highest BCUT2D eigenvalue weighted by atomic mass is 16.3. The van der Waals surface area contributed by atoms with Crippen LogP contribution in [0.15, 0.2) is 109 Å². The van der Waals surface area contributed by atoms with Crippen LogP contribution in [0.25, 0.3) is 0 Å². The molecule has 0 aromatic heterocycles. The Hall–Kier alpha value is -3.36. The quantitative estimate of drug-likeness (QED) is 0.293. The molecule has 35 heavy (non-hydrogen) atoms. The summed E-state index contributed by atoms with van der Waals surface area (Å²) in [6.45, 7) is 4.36. The number of rotatable bonds is 8. The van der Waals surface area contributed by atoms with Crippen LogP contribution >= 0.6 is 0 Å². The second kappa shape index (κ2) is 10.9. The van der Waals surface area contributed by atoms with Crippen molar-refractivity contribution in [2.75, 3.05) is 6.54 Å². The van der Waals surface area contributed by atoms with E-state index in [0.717, 1.165) is 32.4 Å². The maximum absolute atomic E-state index is 10.00. The fraction of sp³-hybridized carbons (Fsp3) is 0.273. The molecule has 0 amide bonds. The van der Waals surface area contributed by atoms with E-state index in [1.54, 1.807) is 0 Å². The maximum atomic E-state index is 10.00. The van der Waals surface area contributed by atoms with Crippen molar-refractivity contribution in [2.24, 2.45) is 0 Å². The number of hydrogen-bond donors (Lipinski definition) is 1. The molecule has 0 bridgehead atoms. The molecule has 0 saturated carbocycles. The number of phenols is 1. The molecule has 1 aliphatic carbocycles. The average Bonchev–Trinajstić information content (AvgIpc) is 2.90. The second-order valence-electron chi connectivity index (χ2n) is 9.90. The summed E-state index contributed by atoms with van der Waals surface area (Å²) in [7, 11) is 0. The van der Waals surface area contributed by atoms with Crippen LogP contribution in [-0.2, 0) is 13.0 Å². The van der Waals surface area contributed by atoms with Crippen LogP contribution in [0.1, 0.15) is 59.4 Å². The van der Waals surface area contributed by atoms with Gasteiger partial charge >= 0.3 is 0 Å². The molecule has 0 fully saturated rings. The van der Waals surface area contributed by atoms with Gasteiger partial charge < -0.3 is 5.11 Å². The summed E-state index contributed by atoms with van der Waals surface area (Å²) < 4.78 is 0. The molecule has 0 aliphatic heterocycles. The second-order valence-corrected chi connectivity index (χ2v) is 9.90. The van der Waals surface area contributed by atoms with Crippen LogP contribution in [0.2, 0.25) is 0 Å². The lowest BCUT2D eigenvalue weighted by molar-refractivity contribution is 0.146. The standard InChI is InChI=1S/C33H35NO/c1-25-31-19-18-30(35)23-29(31)17-20-33(25)34(24-26-11-5-2-6-12-26)22-21-32(27-13-7-3-8-14-27)28-15-9-4-10-16-28/h2-16,18-19,23,25,32-33,35H,17,20-22,24H2,1H3. The van der Waals surface area contributed by atoms with Crippen LogP contribution in [0.5, 0.6) is 5.75 Å². The summed E-state index contributed by atoms with van der Waals surface area (Å²) in [4.78, 5) is 2.72. The molecule has 0 radical (unpaired) electrons. The smallest absolute Gasteiger partial charge is 0.115 e. The van der Waals surface area contributed by atoms with Gasteiger partial charge in [-0.1, -0.05) is 104 Å². The predicted molar refractivity (Wildman–Crippen MR) is 145 cm³/mol. The lowest BCUT2D eigenvalue weighted by atomic mass is 9.79. The van der Waals surface area contributed by atoms with E-state index in [4.69, 9.17) is 0 Å². The Kier molecular flexibility index (Phi) is 7.30. The Morgan fingerprint density at radius 1 is 0.800 bits per heavy atom. The highest BCUT2D eigenvalue weighted by molar-refractivity contribution is 5.40. The van der Waals surface area contributed by atoms with Crippen molar-refractivity contribution in [3.05, 3.63) is 137 Å². The largest absolute Gasteiger partial charge is 0.508 e. The molecule has 0 saturated heterocycles. The molecule has 1 aliphatic rings. The van der Waals surface area contributed by atoms with Gasteiger partial charge in [-0.2, -0.15) is 0 Å². The van der Waals surface area contributed by atoms with Gasteiger partial charge in [-0.25, -0.2) is 0 Å². The highest BCUT2D eigenvalue weighted by Gasteiger charge is 2.31. The first-order chi connectivity index (χ1) is 17.2. The average molecular weight is 462 g/mol. The van der Waals surface area contributed by atoms with Crippen LogP contribution in [0.3, 0.4) is 0 Å². The van der Waals surface area contributed by atoms with Crippen LogP contribution < -0.4 is 0 Å². The third-order valence-electron chi connectivity index (χ3n) is 7.71. The fourth-order valence-corrected chi connectivity index (χ4v) is 5.88. The topological polar surface area (TPSA) is 23.5 Å². The van der Waals surface area contributed by atoms with Gasteiger partial charge in [0.25, 0.3) is 0 Å². The molecular weight excluding hydrogens is 426 g/mol. The monoisotopic (exact) mass is 461 g/mol. The Balaban J connectivity index is 1.42. The highest BCUT2D eigenvalue weighted by Crippen LogP contribution is 2.37. The minimum atomic E-state index is 0.374. The lowest BCUT2D eigenvalue weighted by Gasteiger charge is -2.40. The predicted octanol–water partition coefficient (Wildman–Crippen LogP) is 7.53. The molecule has 2 nitrogen and oxygen atoms in total. The number of aryl methyl sites for hydroxylation is 1. The van der Waals surface area contributed by atoms with Gasteiger partial charge in [0.2, 0.25) is 0 Å². The van der Waals surface area contributed by atoms with E-state index in [9.17, 15) is 5.11 Å². The molecular formula is C33H35NO. The Bertz CT molecular complexity index is 1170. The van der Waals surface area contributed by atoms with E-state index in [-0.39, 0.29) is 0 Å². The Labute approximate surface area is 209 Å². The number of nitrogens with zero attached hydrogens (tertiary/aromatic N) is 1. The molecule has 0 heterocycles. The first kappa shape index (κ1) is 23.4. The summed E-state index contributed by atoms with van der Waals surface area (Å²) in [6.07, 6.45) is 3.21. The van der Waals surface area contributed by atoms with Crippen molar-refractivity contribution in [1.29, 1.82) is 0 Å². The summed E-state index contributed by atoms with van der Waals surface area (Å²) in [5, 5.41) is 10.00. The van der Waals surface area contributed by atoms with Gasteiger partial charge in [0.15, 0.2) is 0 Å². The molecule has 2 heteroatoms. The van der Waals surface area contributed by atoms with Gasteiger partial charge in [0.1, 0.15) is 5.75 Å². The van der Waals surface area contributed by atoms with E-state index in [2.05, 4.69) is 109 Å². The number of aromatic hydroxyl groups is 1.